The van der Waals surface area contributed by atoms with Crippen molar-refractivity contribution in [1.82, 2.24) is 0 Å². The van der Waals surface area contributed by atoms with Crippen molar-refractivity contribution < 1.29 is 15.6 Å². The van der Waals surface area contributed by atoms with Gasteiger partial charge in [0.1, 0.15) is 0 Å². The summed E-state index contributed by atoms with van der Waals surface area (Å²) in [5.41, 5.74) is 17.3. The fourth-order valence-electron chi connectivity index (χ4n) is 8.06. The van der Waals surface area contributed by atoms with E-state index in [2.05, 4.69) is 146 Å². The summed E-state index contributed by atoms with van der Waals surface area (Å²) in [5, 5.41) is 0. The van der Waals surface area contributed by atoms with Crippen molar-refractivity contribution >= 4 is 35.1 Å². The first-order valence-electron chi connectivity index (χ1n) is 15.7. The third-order valence-electron chi connectivity index (χ3n) is 10.6. The van der Waals surface area contributed by atoms with E-state index in [1.165, 1.54) is 72.3 Å². The van der Waals surface area contributed by atoms with Crippen molar-refractivity contribution in [2.24, 2.45) is 5.92 Å². The standard InChI is InChI=1S/C19H19.C18H17.C2H7Si.2ClH.Zr/c1-12-10-18-14(3)8-9-17(19(18)11-12)16-7-5-6-13(2)15(16)4;1-13(2)16-11-15-9-6-10-17(18(15)12-16)14-7-4-3-5-8-14;1-3-2;;;/h5-11H,1-4H3;3-13H,1-2H3;3H,1-2H3;2*1H;/q;;;;;+2/p-2. The molecule has 2 atom stereocenters. The molecule has 2 aliphatic carbocycles. The van der Waals surface area contributed by atoms with Crippen LogP contribution in [0.3, 0.4) is 0 Å². The molecule has 4 heteroatoms. The van der Waals surface area contributed by atoms with Gasteiger partial charge in [-0.2, -0.15) is 0 Å². The molecule has 2 aliphatic rings. The second-order valence-corrected chi connectivity index (χ2v) is 56.1. The maximum absolute atomic E-state index is 8.61. The SMILES string of the molecule is CC1=Cc2c(-c3cccc(C)c3C)ccc(C)c2[CH]1[Zr]([Cl])([Cl])([CH]1C(C(C)C)=Cc2c(-c3ccccc3)cccc21)[SiH](C)C. The van der Waals surface area contributed by atoms with Gasteiger partial charge in [-0.25, -0.2) is 0 Å². The monoisotopic (exact) mass is 699 g/mol. The predicted molar refractivity (Wildman–Crippen MR) is 190 cm³/mol. The summed E-state index contributed by atoms with van der Waals surface area (Å²) < 4.78 is 0.188. The van der Waals surface area contributed by atoms with Gasteiger partial charge in [-0.15, -0.1) is 0 Å². The minimum atomic E-state index is -4.80. The van der Waals surface area contributed by atoms with Gasteiger partial charge in [0.05, 0.1) is 0 Å². The molecule has 0 aliphatic heterocycles. The zero-order valence-corrected chi connectivity index (χ0v) is 31.9. The van der Waals surface area contributed by atoms with E-state index in [9.17, 15) is 0 Å². The molecule has 2 unspecified atom stereocenters. The van der Waals surface area contributed by atoms with Gasteiger partial charge in [-0.1, -0.05) is 0 Å². The van der Waals surface area contributed by atoms with Crippen molar-refractivity contribution in [1.29, 1.82) is 0 Å². The summed E-state index contributed by atoms with van der Waals surface area (Å²) in [6.45, 7) is 18.6. The first kappa shape index (κ1) is 31.0. The van der Waals surface area contributed by atoms with Crippen molar-refractivity contribution in [3.63, 3.8) is 0 Å². The van der Waals surface area contributed by atoms with E-state index < -0.39 is 21.5 Å². The molecule has 0 fully saturated rings. The molecule has 0 bridgehead atoms. The second-order valence-electron chi connectivity index (χ2n) is 13.6. The summed E-state index contributed by atoms with van der Waals surface area (Å²) in [6, 6.07) is 28.9. The predicted octanol–water partition coefficient (Wildman–Crippen LogP) is 12.2. The molecule has 4 aromatic carbocycles. The Morgan fingerprint density at radius 2 is 1.33 bits per heavy atom. The molecule has 4 aromatic rings. The van der Waals surface area contributed by atoms with Crippen LogP contribution in [0.5, 0.6) is 0 Å². The first-order valence-corrected chi connectivity index (χ1v) is 32.0. The Hall–Kier alpha value is -1.96. The zero-order valence-electron chi connectivity index (χ0n) is 26.7. The number of allylic oxidation sites excluding steroid dienone is 2. The number of halogens is 2. The second kappa shape index (κ2) is 11.1. The Labute approximate surface area is 267 Å². The number of rotatable bonds is 6. The van der Waals surface area contributed by atoms with Crippen molar-refractivity contribution in [2.75, 3.05) is 0 Å². The van der Waals surface area contributed by atoms with E-state index in [4.69, 9.17) is 17.0 Å². The zero-order chi connectivity index (χ0) is 30.9. The number of hydrogen-bond acceptors (Lipinski definition) is 0. The van der Waals surface area contributed by atoms with E-state index in [0.29, 0.717) is 5.92 Å². The number of aryl methyl sites for hydroxylation is 2. The van der Waals surface area contributed by atoms with E-state index in [-0.39, 0.29) is 7.25 Å². The van der Waals surface area contributed by atoms with Crippen LogP contribution >= 0.6 is 17.0 Å². The van der Waals surface area contributed by atoms with Crippen LogP contribution < -0.4 is 0 Å². The molecule has 221 valence electrons. The summed E-state index contributed by atoms with van der Waals surface area (Å²) >= 11 is -4.80. The molecule has 0 N–H and O–H groups in total. The van der Waals surface area contributed by atoms with Crippen LogP contribution in [0.2, 0.25) is 13.1 Å². The fraction of sp³-hybridized carbons (Fsp3) is 0.282. The molecule has 43 heavy (non-hydrogen) atoms. The van der Waals surface area contributed by atoms with E-state index in [1.54, 1.807) is 0 Å². The van der Waals surface area contributed by atoms with Gasteiger partial charge in [0.2, 0.25) is 0 Å². The van der Waals surface area contributed by atoms with Crippen LogP contribution in [-0.2, 0) is 15.6 Å². The topological polar surface area (TPSA) is 0 Å². The molecular formula is C39H43Cl2SiZr. The molecule has 6 rings (SSSR count). The Bertz CT molecular complexity index is 1810. The van der Waals surface area contributed by atoms with Gasteiger partial charge < -0.3 is 0 Å². The molecular weight excluding hydrogens is 659 g/mol. The quantitative estimate of drug-likeness (QED) is 0.176. The van der Waals surface area contributed by atoms with Crippen LogP contribution in [-0.4, -0.2) is 5.92 Å². The van der Waals surface area contributed by atoms with Crippen LogP contribution in [0.1, 0.15) is 67.0 Å². The Kier molecular flexibility index (Phi) is 8.04. The molecule has 0 aromatic heterocycles. The van der Waals surface area contributed by atoms with Gasteiger partial charge in [-0.05, 0) is 0 Å². The normalized spacial score (nSPS) is 18.7. The fourth-order valence-corrected chi connectivity index (χ4v) is 40.3. The van der Waals surface area contributed by atoms with Gasteiger partial charge >= 0.3 is 270 Å². The van der Waals surface area contributed by atoms with Crippen molar-refractivity contribution in [3.8, 4) is 22.3 Å². The summed E-state index contributed by atoms with van der Waals surface area (Å²) in [6.07, 6.45) is 4.91. The van der Waals surface area contributed by atoms with Gasteiger partial charge in [-0.3, -0.25) is 0 Å². The van der Waals surface area contributed by atoms with Crippen molar-refractivity contribution in [3.05, 3.63) is 129 Å². The van der Waals surface area contributed by atoms with Crippen molar-refractivity contribution in [2.45, 2.75) is 61.9 Å². The Morgan fingerprint density at radius 3 is 2.00 bits per heavy atom. The van der Waals surface area contributed by atoms with Crippen LogP contribution in [0.15, 0.2) is 90.0 Å². The van der Waals surface area contributed by atoms with E-state index >= 15 is 0 Å². The van der Waals surface area contributed by atoms with Crippen LogP contribution in [0.25, 0.3) is 34.4 Å². The van der Waals surface area contributed by atoms with E-state index in [1.807, 2.05) is 0 Å². The average Bonchev–Trinajstić information content (AvgIpc) is 3.56. The van der Waals surface area contributed by atoms with E-state index in [0.717, 1.165) is 0 Å². The first-order chi connectivity index (χ1) is 20.4. The average molecular weight is 702 g/mol. The number of benzene rings is 4. The molecule has 0 amide bonds. The summed E-state index contributed by atoms with van der Waals surface area (Å²) in [4.78, 5) is 0. The number of hydrogen-bond donors (Lipinski definition) is 0. The van der Waals surface area contributed by atoms with Gasteiger partial charge in [0, 0.05) is 0 Å². The Balaban J connectivity index is 1.62. The number of fused-ring (bicyclic) bond motifs is 2. The summed E-state index contributed by atoms with van der Waals surface area (Å²) in [7, 11) is 17.2. The molecule has 0 heterocycles. The summed E-state index contributed by atoms with van der Waals surface area (Å²) in [5.74, 6) is -1.26. The third-order valence-corrected chi connectivity index (χ3v) is 62.5. The van der Waals surface area contributed by atoms with Gasteiger partial charge in [0.15, 0.2) is 0 Å². The Morgan fingerprint density at radius 1 is 0.651 bits per heavy atom. The third kappa shape index (κ3) is 4.70. The molecule has 0 radical (unpaired) electrons. The molecule has 0 saturated heterocycles. The maximum atomic E-state index is 8.61. The van der Waals surface area contributed by atoms with Gasteiger partial charge in [0.25, 0.3) is 0 Å². The van der Waals surface area contributed by atoms with Crippen LogP contribution in [0, 0.1) is 26.7 Å². The molecule has 0 nitrogen and oxygen atoms in total. The molecule has 0 saturated carbocycles. The molecule has 0 spiro atoms. The minimum absolute atomic E-state index is 0.0926. The van der Waals surface area contributed by atoms with Crippen LogP contribution in [0.4, 0.5) is 0 Å².